The van der Waals surface area contributed by atoms with E-state index in [9.17, 15) is 31.2 Å². The lowest BCUT2D eigenvalue weighted by atomic mass is 10.3. The number of halogens is 3. The van der Waals surface area contributed by atoms with Crippen molar-refractivity contribution in [2.24, 2.45) is 0 Å². The molecule has 0 aromatic heterocycles. The average molecular weight is 263 g/mol. The molecule has 0 unspecified atom stereocenters. The second-order valence-corrected chi connectivity index (χ2v) is 4.07. The number of carbonyl (C=O) groups is 2. The SMILES string of the molecule is CCCC(=O)N(C=O)OS(=O)(=O)C(F)(F)F. The third-order valence-corrected chi connectivity index (χ3v) is 2.19. The van der Waals surface area contributed by atoms with Crippen LogP contribution in [0.5, 0.6) is 0 Å². The van der Waals surface area contributed by atoms with Crippen LogP contribution in [0.3, 0.4) is 0 Å². The van der Waals surface area contributed by atoms with Gasteiger partial charge < -0.3 is 0 Å². The van der Waals surface area contributed by atoms with Gasteiger partial charge in [0.15, 0.2) is 0 Å². The molecule has 10 heteroatoms. The molecule has 0 rings (SSSR count). The summed E-state index contributed by atoms with van der Waals surface area (Å²) in [6.07, 6.45) is -0.536. The maximum Gasteiger partial charge on any atom is 0.525 e. The predicted molar refractivity (Wildman–Crippen MR) is 43.9 cm³/mol. The minimum atomic E-state index is -6.00. The fourth-order valence-electron chi connectivity index (χ4n) is 0.590. The number of amides is 2. The van der Waals surface area contributed by atoms with Crippen molar-refractivity contribution in [1.29, 1.82) is 0 Å². The molecular weight excluding hydrogens is 255 g/mol. The van der Waals surface area contributed by atoms with Crippen molar-refractivity contribution in [3.63, 3.8) is 0 Å². The molecule has 0 aliphatic carbocycles. The van der Waals surface area contributed by atoms with E-state index in [4.69, 9.17) is 0 Å². The number of carbonyl (C=O) groups excluding carboxylic acids is 2. The van der Waals surface area contributed by atoms with Crippen molar-refractivity contribution < 1.29 is 35.5 Å². The van der Waals surface area contributed by atoms with E-state index in [0.29, 0.717) is 0 Å². The first-order valence-electron chi connectivity index (χ1n) is 3.94. The summed E-state index contributed by atoms with van der Waals surface area (Å²) in [5.74, 6) is -1.18. The minimum absolute atomic E-state index is 0.221. The summed E-state index contributed by atoms with van der Waals surface area (Å²) in [4.78, 5) is 21.1. The molecule has 0 bridgehead atoms. The zero-order valence-electron chi connectivity index (χ0n) is 8.02. The van der Waals surface area contributed by atoms with Gasteiger partial charge >= 0.3 is 15.6 Å². The van der Waals surface area contributed by atoms with Crippen molar-refractivity contribution in [2.75, 3.05) is 0 Å². The molecule has 0 spiro atoms. The number of nitrogens with zero attached hydrogens (tertiary/aromatic N) is 1. The van der Waals surface area contributed by atoms with Gasteiger partial charge in [0.05, 0.1) is 0 Å². The molecule has 16 heavy (non-hydrogen) atoms. The summed E-state index contributed by atoms with van der Waals surface area (Å²) in [6, 6.07) is 0. The standard InChI is InChI=1S/C6H8F3NO5S/c1-2-3-5(12)10(4-11)15-16(13,14)6(7,8)9/h4H,2-3H2,1H3. The molecule has 2 amide bonds. The first-order valence-corrected chi connectivity index (χ1v) is 5.34. The molecular formula is C6H8F3NO5S. The van der Waals surface area contributed by atoms with Crippen molar-refractivity contribution >= 4 is 22.4 Å². The third-order valence-electron chi connectivity index (χ3n) is 1.27. The number of hydrogen-bond acceptors (Lipinski definition) is 5. The number of imide groups is 1. The Bertz CT molecular complexity index is 363. The first-order chi connectivity index (χ1) is 7.15. The molecule has 0 aromatic rings. The molecule has 0 saturated heterocycles. The van der Waals surface area contributed by atoms with E-state index in [1.807, 2.05) is 0 Å². The van der Waals surface area contributed by atoms with Crippen LogP contribution >= 0.6 is 0 Å². The van der Waals surface area contributed by atoms with Gasteiger partial charge in [-0.1, -0.05) is 6.92 Å². The van der Waals surface area contributed by atoms with E-state index in [1.54, 1.807) is 0 Å². The van der Waals surface area contributed by atoms with Gasteiger partial charge in [0.1, 0.15) is 0 Å². The summed E-state index contributed by atoms with van der Waals surface area (Å²) >= 11 is 0. The maximum atomic E-state index is 11.8. The lowest BCUT2D eigenvalue weighted by molar-refractivity contribution is -0.166. The molecule has 0 aliphatic heterocycles. The normalized spacial score (nSPS) is 12.2. The maximum absolute atomic E-state index is 11.8. The van der Waals surface area contributed by atoms with Gasteiger partial charge in [-0.05, 0) is 6.42 Å². The Kier molecular flexibility index (Phi) is 4.87. The molecule has 0 fully saturated rings. The van der Waals surface area contributed by atoms with Gasteiger partial charge in [-0.3, -0.25) is 9.59 Å². The molecule has 0 heterocycles. The summed E-state index contributed by atoms with van der Waals surface area (Å²) in [5.41, 5.74) is -5.69. The highest BCUT2D eigenvalue weighted by Gasteiger charge is 2.49. The third kappa shape index (κ3) is 3.77. The van der Waals surface area contributed by atoms with Crippen LogP contribution in [0.2, 0.25) is 0 Å². The van der Waals surface area contributed by atoms with Crippen molar-refractivity contribution in [3.8, 4) is 0 Å². The van der Waals surface area contributed by atoms with Crippen molar-refractivity contribution in [2.45, 2.75) is 25.3 Å². The van der Waals surface area contributed by atoms with E-state index >= 15 is 0 Å². The fraction of sp³-hybridized carbons (Fsp3) is 0.667. The Balaban J connectivity index is 4.82. The molecule has 0 atom stereocenters. The Hall–Kier alpha value is -1.16. The van der Waals surface area contributed by atoms with Gasteiger partial charge in [-0.2, -0.15) is 21.6 Å². The van der Waals surface area contributed by atoms with Crippen LogP contribution in [-0.2, 0) is 24.0 Å². The van der Waals surface area contributed by atoms with E-state index in [-0.39, 0.29) is 12.8 Å². The number of rotatable bonds is 5. The molecule has 0 aliphatic rings. The van der Waals surface area contributed by atoms with E-state index in [1.165, 1.54) is 6.92 Å². The highest BCUT2D eigenvalue weighted by molar-refractivity contribution is 7.87. The largest absolute Gasteiger partial charge is 0.525 e. The Morgan fingerprint density at radius 1 is 1.44 bits per heavy atom. The average Bonchev–Trinajstić information content (AvgIpc) is 2.12. The smallest absolute Gasteiger partial charge is 0.276 e. The summed E-state index contributed by atoms with van der Waals surface area (Å²) < 4.78 is 59.6. The second kappa shape index (κ2) is 5.25. The second-order valence-electron chi connectivity index (χ2n) is 2.55. The zero-order chi connectivity index (χ0) is 13.0. The molecule has 0 radical (unpaired) electrons. The van der Waals surface area contributed by atoms with E-state index in [0.717, 1.165) is 0 Å². The number of hydroxylamine groups is 2. The fourth-order valence-corrected chi connectivity index (χ4v) is 1.00. The molecule has 0 aromatic carbocycles. The van der Waals surface area contributed by atoms with Crippen LogP contribution in [0.25, 0.3) is 0 Å². The minimum Gasteiger partial charge on any atom is -0.276 e. The topological polar surface area (TPSA) is 80.8 Å². The molecule has 94 valence electrons. The summed E-state index contributed by atoms with van der Waals surface area (Å²) in [7, 11) is -6.00. The Morgan fingerprint density at radius 3 is 2.25 bits per heavy atom. The monoisotopic (exact) mass is 263 g/mol. The Labute approximate surface area is 89.0 Å². The molecule has 6 nitrogen and oxygen atoms in total. The van der Waals surface area contributed by atoms with Gasteiger partial charge in [-0.15, -0.1) is 9.35 Å². The first kappa shape index (κ1) is 14.8. The highest BCUT2D eigenvalue weighted by atomic mass is 32.2. The molecule has 0 saturated carbocycles. The van der Waals surface area contributed by atoms with Crippen LogP contribution in [-0.4, -0.2) is 31.3 Å². The number of alkyl halides is 3. The summed E-state index contributed by atoms with van der Waals surface area (Å²) in [5, 5.41) is -0.494. The predicted octanol–water partition coefficient (Wildman–Crippen LogP) is 0.553. The van der Waals surface area contributed by atoms with Crippen LogP contribution in [0, 0.1) is 0 Å². The molecule has 0 N–H and O–H groups in total. The van der Waals surface area contributed by atoms with Gasteiger partial charge in [0.25, 0.3) is 5.91 Å². The summed E-state index contributed by atoms with van der Waals surface area (Å²) in [6.45, 7) is 1.51. The highest BCUT2D eigenvalue weighted by Crippen LogP contribution is 2.25. The van der Waals surface area contributed by atoms with Gasteiger partial charge in [0, 0.05) is 6.42 Å². The van der Waals surface area contributed by atoms with Crippen LogP contribution < -0.4 is 0 Å². The van der Waals surface area contributed by atoms with Crippen LogP contribution in [0.4, 0.5) is 13.2 Å². The van der Waals surface area contributed by atoms with Crippen molar-refractivity contribution in [1.82, 2.24) is 5.06 Å². The Morgan fingerprint density at radius 2 is 1.94 bits per heavy atom. The quantitative estimate of drug-likeness (QED) is 0.411. The van der Waals surface area contributed by atoms with E-state index in [2.05, 4.69) is 4.28 Å². The lowest BCUT2D eigenvalue weighted by Gasteiger charge is -2.14. The van der Waals surface area contributed by atoms with Gasteiger partial charge in [0.2, 0.25) is 6.41 Å². The zero-order valence-corrected chi connectivity index (χ0v) is 8.84. The van der Waals surface area contributed by atoms with Crippen LogP contribution in [0.1, 0.15) is 19.8 Å². The lowest BCUT2D eigenvalue weighted by Crippen LogP contribution is -2.37. The van der Waals surface area contributed by atoms with E-state index < -0.39 is 33.0 Å². The number of hydrogen-bond donors (Lipinski definition) is 0. The van der Waals surface area contributed by atoms with Gasteiger partial charge in [-0.25, -0.2) is 0 Å². The van der Waals surface area contributed by atoms with Crippen molar-refractivity contribution in [3.05, 3.63) is 0 Å². The van der Waals surface area contributed by atoms with Crippen LogP contribution in [0.15, 0.2) is 0 Å².